The Balaban J connectivity index is 1.61. The smallest absolute Gasteiger partial charge is 0.119 e. The van der Waals surface area contributed by atoms with E-state index in [1.54, 1.807) is 0 Å². The highest BCUT2D eigenvalue weighted by Gasteiger charge is 1.97. The van der Waals surface area contributed by atoms with Gasteiger partial charge in [-0.05, 0) is 12.1 Å². The van der Waals surface area contributed by atoms with Gasteiger partial charge in [0.1, 0.15) is 12.4 Å². The van der Waals surface area contributed by atoms with E-state index in [1.165, 1.54) is 0 Å². The van der Waals surface area contributed by atoms with Gasteiger partial charge in [0.25, 0.3) is 0 Å². The number of para-hydroxylation sites is 1. The molecule has 0 saturated heterocycles. The number of hydrogen-bond acceptors (Lipinski definition) is 14. The van der Waals surface area contributed by atoms with Crippen LogP contribution in [0.25, 0.3) is 0 Å². The van der Waals surface area contributed by atoms with Crippen LogP contribution in [0, 0.1) is 0 Å². The highest BCUT2D eigenvalue weighted by atomic mass is 16.6. The molecule has 0 fully saturated rings. The highest BCUT2D eigenvalue weighted by molar-refractivity contribution is 5.20. The van der Waals surface area contributed by atoms with E-state index in [1.807, 2.05) is 30.3 Å². The fourth-order valence-corrected chi connectivity index (χ4v) is 3.32. The third-order valence-electron chi connectivity index (χ3n) is 5.57. The van der Waals surface area contributed by atoms with Gasteiger partial charge in [-0.25, -0.2) is 0 Å². The number of benzene rings is 1. The van der Waals surface area contributed by atoms with Crippen molar-refractivity contribution in [3.63, 3.8) is 0 Å². The van der Waals surface area contributed by atoms with Gasteiger partial charge in [0.05, 0.1) is 165 Å². The quantitative estimate of drug-likeness (QED) is 0.101. The maximum absolute atomic E-state index is 8.58. The van der Waals surface area contributed by atoms with Crippen LogP contribution in [0.5, 0.6) is 5.75 Å². The monoisotopic (exact) mass is 666 g/mol. The molecule has 0 aliphatic carbocycles. The Labute approximate surface area is 274 Å². The Bertz CT molecular complexity index is 688. The summed E-state index contributed by atoms with van der Waals surface area (Å²) in [7, 11) is 0. The van der Waals surface area contributed by atoms with Crippen molar-refractivity contribution >= 4 is 0 Å². The second-order valence-corrected chi connectivity index (χ2v) is 9.23. The second kappa shape index (κ2) is 38.0. The minimum atomic E-state index is 0.0244. The molecule has 0 heterocycles. The minimum Gasteiger partial charge on any atom is -0.491 e. The molecule has 270 valence electrons. The molecule has 0 unspecified atom stereocenters. The summed E-state index contributed by atoms with van der Waals surface area (Å²) in [5.74, 6) is 0.842. The molecule has 0 aromatic heterocycles. The summed E-state index contributed by atoms with van der Waals surface area (Å²) < 4.78 is 70.6. The molecule has 14 heteroatoms. The Hall–Kier alpha value is -1.50. The van der Waals surface area contributed by atoms with Crippen LogP contribution in [0.2, 0.25) is 0 Å². The molecule has 0 radical (unpaired) electrons. The van der Waals surface area contributed by atoms with Crippen LogP contribution < -0.4 is 4.74 Å². The SMILES string of the molecule is OCCOCCOCCOCCOCCOCCOCCOCCOCCOCCOCCOCCOCCOc1ccccc1. The zero-order chi connectivity index (χ0) is 32.7. The standard InChI is InChI=1S/C32H58O14/c33-6-7-34-8-9-35-10-11-36-12-13-37-14-15-38-16-17-39-18-19-40-20-21-41-22-23-42-24-25-43-26-27-44-28-29-45-30-31-46-32-4-2-1-3-5-32/h1-5,33H,6-31H2. The fraction of sp³-hybridized carbons (Fsp3) is 0.812. The first-order valence-corrected chi connectivity index (χ1v) is 16.1. The van der Waals surface area contributed by atoms with Gasteiger partial charge in [-0.3, -0.25) is 0 Å². The molecule has 1 aromatic carbocycles. The van der Waals surface area contributed by atoms with Gasteiger partial charge in [-0.1, -0.05) is 18.2 Å². The number of rotatable bonds is 39. The predicted molar refractivity (Wildman–Crippen MR) is 169 cm³/mol. The number of hydrogen-bond donors (Lipinski definition) is 1. The van der Waals surface area contributed by atoms with Crippen molar-refractivity contribution in [2.24, 2.45) is 0 Å². The first-order valence-electron chi connectivity index (χ1n) is 16.1. The molecule has 0 saturated carbocycles. The van der Waals surface area contributed by atoms with Crippen molar-refractivity contribution in [1.29, 1.82) is 0 Å². The molecular formula is C32H58O14. The van der Waals surface area contributed by atoms with Crippen LogP contribution in [-0.2, 0) is 56.8 Å². The van der Waals surface area contributed by atoms with Crippen molar-refractivity contribution < 1.29 is 66.7 Å². The summed E-state index contributed by atoms with van der Waals surface area (Å²) in [4.78, 5) is 0. The van der Waals surface area contributed by atoms with Crippen LogP contribution in [-0.4, -0.2) is 177 Å². The lowest BCUT2D eigenvalue weighted by molar-refractivity contribution is -0.0287. The van der Waals surface area contributed by atoms with Crippen LogP contribution >= 0.6 is 0 Å². The Morgan fingerprint density at radius 1 is 0.283 bits per heavy atom. The Kier molecular flexibility index (Phi) is 35.1. The van der Waals surface area contributed by atoms with Gasteiger partial charge in [0.15, 0.2) is 0 Å². The summed E-state index contributed by atoms with van der Waals surface area (Å²) in [6.45, 7) is 12.5. The summed E-state index contributed by atoms with van der Waals surface area (Å²) >= 11 is 0. The van der Waals surface area contributed by atoms with Crippen LogP contribution in [0.4, 0.5) is 0 Å². The molecule has 0 aliphatic rings. The first kappa shape index (κ1) is 42.5. The molecule has 0 atom stereocenters. The van der Waals surface area contributed by atoms with E-state index in [2.05, 4.69) is 0 Å². The summed E-state index contributed by atoms with van der Waals surface area (Å²) in [6, 6.07) is 9.66. The minimum absolute atomic E-state index is 0.0244. The lowest BCUT2D eigenvalue weighted by atomic mass is 10.3. The van der Waals surface area contributed by atoms with Crippen LogP contribution in [0.3, 0.4) is 0 Å². The molecule has 0 aliphatic heterocycles. The molecule has 0 spiro atoms. The Morgan fingerprint density at radius 2 is 0.500 bits per heavy atom. The van der Waals surface area contributed by atoms with Crippen molar-refractivity contribution in [3.05, 3.63) is 30.3 Å². The third kappa shape index (κ3) is 33.9. The van der Waals surface area contributed by atoms with Gasteiger partial charge < -0.3 is 66.7 Å². The topological polar surface area (TPSA) is 140 Å². The third-order valence-corrected chi connectivity index (χ3v) is 5.57. The molecule has 46 heavy (non-hydrogen) atoms. The van der Waals surface area contributed by atoms with Gasteiger partial charge in [-0.2, -0.15) is 0 Å². The van der Waals surface area contributed by atoms with E-state index < -0.39 is 0 Å². The maximum Gasteiger partial charge on any atom is 0.119 e. The number of ether oxygens (including phenoxy) is 13. The Morgan fingerprint density at radius 3 is 0.739 bits per heavy atom. The van der Waals surface area contributed by atoms with Crippen LogP contribution in [0.1, 0.15) is 0 Å². The fourth-order valence-electron chi connectivity index (χ4n) is 3.32. The average molecular weight is 667 g/mol. The first-order chi connectivity index (χ1) is 22.9. The van der Waals surface area contributed by atoms with E-state index in [0.717, 1.165) is 5.75 Å². The van der Waals surface area contributed by atoms with E-state index in [0.29, 0.717) is 165 Å². The summed E-state index contributed by atoms with van der Waals surface area (Å²) in [6.07, 6.45) is 0. The summed E-state index contributed by atoms with van der Waals surface area (Å²) in [5.41, 5.74) is 0. The molecule has 1 N–H and O–H groups in total. The average Bonchev–Trinajstić information content (AvgIpc) is 3.08. The lowest BCUT2D eigenvalue weighted by Crippen LogP contribution is -2.15. The largest absolute Gasteiger partial charge is 0.491 e. The molecule has 0 amide bonds. The normalized spacial score (nSPS) is 11.4. The molecular weight excluding hydrogens is 608 g/mol. The van der Waals surface area contributed by atoms with E-state index >= 15 is 0 Å². The zero-order valence-corrected chi connectivity index (χ0v) is 27.5. The molecule has 14 nitrogen and oxygen atoms in total. The number of aliphatic hydroxyl groups is 1. The van der Waals surface area contributed by atoms with Gasteiger partial charge in [0.2, 0.25) is 0 Å². The van der Waals surface area contributed by atoms with E-state index in [4.69, 9.17) is 66.7 Å². The van der Waals surface area contributed by atoms with E-state index in [9.17, 15) is 0 Å². The number of aliphatic hydroxyl groups excluding tert-OH is 1. The van der Waals surface area contributed by atoms with Gasteiger partial charge >= 0.3 is 0 Å². The van der Waals surface area contributed by atoms with Crippen molar-refractivity contribution in [2.75, 3.05) is 172 Å². The highest BCUT2D eigenvalue weighted by Crippen LogP contribution is 2.07. The second-order valence-electron chi connectivity index (χ2n) is 9.23. The van der Waals surface area contributed by atoms with Crippen molar-refractivity contribution in [3.8, 4) is 5.75 Å². The summed E-state index contributed by atoms with van der Waals surface area (Å²) in [5, 5.41) is 8.58. The lowest BCUT2D eigenvalue weighted by Gasteiger charge is -2.09. The van der Waals surface area contributed by atoms with Crippen LogP contribution in [0.15, 0.2) is 30.3 Å². The maximum atomic E-state index is 8.58. The van der Waals surface area contributed by atoms with Gasteiger partial charge in [0, 0.05) is 0 Å². The zero-order valence-electron chi connectivity index (χ0n) is 27.5. The van der Waals surface area contributed by atoms with Crippen molar-refractivity contribution in [2.45, 2.75) is 0 Å². The van der Waals surface area contributed by atoms with Crippen molar-refractivity contribution in [1.82, 2.24) is 0 Å². The molecule has 1 rings (SSSR count). The van der Waals surface area contributed by atoms with Gasteiger partial charge in [-0.15, -0.1) is 0 Å². The molecule has 0 bridgehead atoms. The molecule has 1 aromatic rings. The van der Waals surface area contributed by atoms with E-state index in [-0.39, 0.29) is 6.61 Å². The predicted octanol–water partition coefficient (Wildman–Crippen LogP) is 1.26.